The minimum absolute atomic E-state index is 0.0234. The lowest BCUT2D eigenvalue weighted by atomic mass is 10.2. The molecule has 1 aliphatic rings. The summed E-state index contributed by atoms with van der Waals surface area (Å²) in [7, 11) is -3.70. The van der Waals surface area contributed by atoms with Gasteiger partial charge in [0.25, 0.3) is 5.91 Å². The van der Waals surface area contributed by atoms with Gasteiger partial charge in [-0.2, -0.15) is 0 Å². The molecular weight excluding hydrogens is 448 g/mol. The molecule has 1 saturated heterocycles. The summed E-state index contributed by atoms with van der Waals surface area (Å²) in [6.07, 6.45) is 0. The van der Waals surface area contributed by atoms with Gasteiger partial charge in [-0.05, 0) is 37.6 Å². The summed E-state index contributed by atoms with van der Waals surface area (Å²) in [4.78, 5) is 17.4. The number of amides is 1. The average Bonchev–Trinajstić information content (AvgIpc) is 2.75. The Kier molecular flexibility index (Phi) is 8.67. The zero-order valence-electron chi connectivity index (χ0n) is 18.6. The summed E-state index contributed by atoms with van der Waals surface area (Å²) in [5.74, 6) is -0.376. The van der Waals surface area contributed by atoms with Crippen molar-refractivity contribution < 1.29 is 13.2 Å². The quantitative estimate of drug-likeness (QED) is 0.579. The lowest BCUT2D eigenvalue weighted by Crippen LogP contribution is -2.48. The summed E-state index contributed by atoms with van der Waals surface area (Å²) < 4.78 is 27.3. The molecule has 0 spiro atoms. The van der Waals surface area contributed by atoms with E-state index in [1.807, 2.05) is 6.07 Å². The molecule has 2 N–H and O–H groups in total. The molecule has 1 heterocycles. The Balaban J connectivity index is 1.48. The zero-order valence-corrected chi connectivity index (χ0v) is 20.1. The van der Waals surface area contributed by atoms with Crippen molar-refractivity contribution in [3.63, 3.8) is 0 Å². The van der Waals surface area contributed by atoms with Crippen LogP contribution in [0, 0.1) is 0 Å². The third kappa shape index (κ3) is 7.02. The van der Waals surface area contributed by atoms with Gasteiger partial charge in [0, 0.05) is 51.9 Å². The van der Waals surface area contributed by atoms with Crippen molar-refractivity contribution >= 4 is 27.5 Å². The molecule has 3 rings (SSSR count). The van der Waals surface area contributed by atoms with Crippen molar-refractivity contribution in [1.82, 2.24) is 19.8 Å². The van der Waals surface area contributed by atoms with Crippen LogP contribution >= 0.6 is 11.6 Å². The summed E-state index contributed by atoms with van der Waals surface area (Å²) in [6.45, 7) is 9.48. The van der Waals surface area contributed by atoms with Crippen LogP contribution in [0.15, 0.2) is 53.4 Å². The largest absolute Gasteiger partial charge is 0.351 e. The van der Waals surface area contributed by atoms with Crippen LogP contribution in [0.4, 0.5) is 0 Å². The molecule has 2 aromatic carbocycles. The maximum atomic E-state index is 12.6. The van der Waals surface area contributed by atoms with Gasteiger partial charge in [0.2, 0.25) is 10.0 Å². The number of halogens is 1. The molecule has 0 bridgehead atoms. The molecule has 0 saturated carbocycles. The number of nitrogens with zero attached hydrogens (tertiary/aromatic N) is 2. The van der Waals surface area contributed by atoms with Gasteiger partial charge >= 0.3 is 0 Å². The van der Waals surface area contributed by atoms with Crippen molar-refractivity contribution in [1.29, 1.82) is 0 Å². The highest BCUT2D eigenvalue weighted by Gasteiger charge is 2.20. The Hall–Kier alpha value is -1.97. The number of hydrogen-bond acceptors (Lipinski definition) is 5. The summed E-state index contributed by atoms with van der Waals surface area (Å²) in [5.41, 5.74) is 1.48. The number of carbonyl (C=O) groups excluding carboxylic acids is 1. The van der Waals surface area contributed by atoms with Crippen LogP contribution in [0.2, 0.25) is 5.02 Å². The van der Waals surface area contributed by atoms with E-state index in [9.17, 15) is 13.2 Å². The predicted octanol–water partition coefficient (Wildman–Crippen LogP) is 2.57. The highest BCUT2D eigenvalue weighted by atomic mass is 35.5. The second-order valence-corrected chi connectivity index (χ2v) is 10.4. The topological polar surface area (TPSA) is 81.7 Å². The molecule has 0 atom stereocenters. The van der Waals surface area contributed by atoms with Gasteiger partial charge in [0.05, 0.1) is 15.5 Å². The van der Waals surface area contributed by atoms with E-state index in [-0.39, 0.29) is 27.4 Å². The number of nitrogens with one attached hydrogen (secondary N) is 2. The van der Waals surface area contributed by atoms with Gasteiger partial charge in [-0.15, -0.1) is 0 Å². The third-order valence-corrected chi connectivity index (χ3v) is 7.30. The molecule has 0 aliphatic carbocycles. The lowest BCUT2D eigenvalue weighted by molar-refractivity contribution is 0.0934. The van der Waals surface area contributed by atoms with Crippen molar-refractivity contribution in [2.45, 2.75) is 31.3 Å². The number of carbonyl (C=O) groups is 1. The minimum atomic E-state index is -3.70. The maximum absolute atomic E-state index is 12.6. The zero-order chi connectivity index (χ0) is 23.1. The molecule has 0 unspecified atom stereocenters. The number of sulfonamides is 1. The van der Waals surface area contributed by atoms with Crippen LogP contribution in [0.25, 0.3) is 0 Å². The van der Waals surface area contributed by atoms with Crippen LogP contribution in [0.1, 0.15) is 29.8 Å². The fourth-order valence-electron chi connectivity index (χ4n) is 3.66. The maximum Gasteiger partial charge on any atom is 0.252 e. The standard InChI is InChI=1S/C23H31ClN4O3S/c1-18(2)26-32(30,31)20-8-9-22(24)21(16-20)23(29)25-10-11-27-12-14-28(15-13-27)17-19-6-4-3-5-7-19/h3-9,16,18,26H,10-15,17H2,1-2H3,(H,25,29). The molecule has 2 aromatic rings. The predicted molar refractivity (Wildman–Crippen MR) is 127 cm³/mol. The third-order valence-electron chi connectivity index (χ3n) is 5.31. The van der Waals surface area contributed by atoms with Gasteiger partial charge < -0.3 is 5.32 Å². The highest BCUT2D eigenvalue weighted by molar-refractivity contribution is 7.89. The van der Waals surface area contributed by atoms with E-state index in [0.29, 0.717) is 6.54 Å². The van der Waals surface area contributed by atoms with Crippen LogP contribution in [0.3, 0.4) is 0 Å². The van der Waals surface area contributed by atoms with E-state index < -0.39 is 10.0 Å². The Labute approximate surface area is 195 Å². The smallest absolute Gasteiger partial charge is 0.252 e. The van der Waals surface area contributed by atoms with E-state index in [1.54, 1.807) is 13.8 Å². The fourth-order valence-corrected chi connectivity index (χ4v) is 5.14. The highest BCUT2D eigenvalue weighted by Crippen LogP contribution is 2.21. The molecule has 7 nitrogen and oxygen atoms in total. The lowest BCUT2D eigenvalue weighted by Gasteiger charge is -2.34. The van der Waals surface area contributed by atoms with E-state index in [2.05, 4.69) is 44.1 Å². The first-order valence-corrected chi connectivity index (χ1v) is 12.7. The molecule has 174 valence electrons. The van der Waals surface area contributed by atoms with Crippen LogP contribution in [-0.4, -0.2) is 69.4 Å². The average molecular weight is 479 g/mol. The first-order valence-electron chi connectivity index (χ1n) is 10.8. The molecule has 32 heavy (non-hydrogen) atoms. The van der Waals surface area contributed by atoms with E-state index >= 15 is 0 Å². The fraction of sp³-hybridized carbons (Fsp3) is 0.435. The monoisotopic (exact) mass is 478 g/mol. The van der Waals surface area contributed by atoms with Crippen molar-refractivity contribution in [2.24, 2.45) is 0 Å². The molecular formula is C23H31ClN4O3S. The Morgan fingerprint density at radius 1 is 1.03 bits per heavy atom. The van der Waals surface area contributed by atoms with Crippen molar-refractivity contribution in [2.75, 3.05) is 39.3 Å². The van der Waals surface area contributed by atoms with Crippen LogP contribution in [-0.2, 0) is 16.6 Å². The van der Waals surface area contributed by atoms with E-state index in [1.165, 1.54) is 23.8 Å². The van der Waals surface area contributed by atoms with Gasteiger partial charge in [0.15, 0.2) is 0 Å². The second-order valence-electron chi connectivity index (χ2n) is 8.28. The number of hydrogen-bond donors (Lipinski definition) is 2. The Morgan fingerprint density at radius 3 is 2.34 bits per heavy atom. The van der Waals surface area contributed by atoms with Crippen molar-refractivity contribution in [3.8, 4) is 0 Å². The van der Waals surface area contributed by atoms with Crippen LogP contribution in [0.5, 0.6) is 0 Å². The Bertz CT molecular complexity index is 1010. The first kappa shape index (κ1) is 24.7. The van der Waals surface area contributed by atoms with Crippen molar-refractivity contribution in [3.05, 3.63) is 64.7 Å². The van der Waals surface area contributed by atoms with Gasteiger partial charge in [-0.1, -0.05) is 41.9 Å². The van der Waals surface area contributed by atoms with Gasteiger partial charge in [-0.3, -0.25) is 14.6 Å². The molecule has 1 amide bonds. The van der Waals surface area contributed by atoms with Gasteiger partial charge in [0.1, 0.15) is 0 Å². The minimum Gasteiger partial charge on any atom is -0.351 e. The number of piperazine rings is 1. The second kappa shape index (κ2) is 11.2. The van der Waals surface area contributed by atoms with Gasteiger partial charge in [-0.25, -0.2) is 13.1 Å². The molecule has 1 aliphatic heterocycles. The first-order chi connectivity index (χ1) is 15.2. The normalized spacial score (nSPS) is 15.8. The summed E-state index contributed by atoms with van der Waals surface area (Å²) >= 11 is 6.17. The van der Waals surface area contributed by atoms with E-state index in [4.69, 9.17) is 11.6 Å². The SMILES string of the molecule is CC(C)NS(=O)(=O)c1ccc(Cl)c(C(=O)NCCN2CCN(Cc3ccccc3)CC2)c1. The molecule has 0 radical (unpaired) electrons. The molecule has 1 fully saturated rings. The van der Waals surface area contributed by atoms with E-state index in [0.717, 1.165) is 39.3 Å². The Morgan fingerprint density at radius 2 is 1.69 bits per heavy atom. The summed E-state index contributed by atoms with van der Waals surface area (Å²) in [5, 5.41) is 3.09. The molecule has 0 aromatic heterocycles. The van der Waals surface area contributed by atoms with Crippen LogP contribution < -0.4 is 10.0 Å². The summed E-state index contributed by atoms with van der Waals surface area (Å²) in [6, 6.07) is 14.4. The number of rotatable bonds is 9. The molecule has 9 heteroatoms. The number of benzene rings is 2.